The first-order valence-corrected chi connectivity index (χ1v) is 7.15. The lowest BCUT2D eigenvalue weighted by Gasteiger charge is -2.28. The molecule has 2 heterocycles. The van der Waals surface area contributed by atoms with Crippen LogP contribution in [0.5, 0.6) is 0 Å². The van der Waals surface area contributed by atoms with Crippen LogP contribution in [0.3, 0.4) is 0 Å². The number of hydrogen-bond acceptors (Lipinski definition) is 3. The van der Waals surface area contributed by atoms with Gasteiger partial charge in [-0.15, -0.1) is 0 Å². The Labute approximate surface area is 120 Å². The third-order valence-electron chi connectivity index (χ3n) is 3.57. The number of morpholine rings is 1. The topological polar surface area (TPSA) is 25.4 Å². The van der Waals surface area contributed by atoms with Crippen LogP contribution in [0.4, 0.5) is 5.82 Å². The molecule has 1 aromatic carbocycles. The van der Waals surface area contributed by atoms with E-state index in [2.05, 4.69) is 35.2 Å². The number of pyridine rings is 1. The molecule has 0 bridgehead atoms. The number of nitrogens with zero attached hydrogens (tertiary/aromatic N) is 2. The van der Waals surface area contributed by atoms with Crippen LogP contribution in [-0.2, 0) is 17.6 Å². The van der Waals surface area contributed by atoms with Gasteiger partial charge in [-0.1, -0.05) is 30.3 Å². The van der Waals surface area contributed by atoms with E-state index in [-0.39, 0.29) is 0 Å². The van der Waals surface area contributed by atoms with Crippen molar-refractivity contribution in [2.45, 2.75) is 12.8 Å². The average Bonchev–Trinajstić information content (AvgIpc) is 2.55. The van der Waals surface area contributed by atoms with Crippen LogP contribution < -0.4 is 4.90 Å². The van der Waals surface area contributed by atoms with Crippen molar-refractivity contribution in [3.8, 4) is 0 Å². The molecule has 1 aromatic heterocycles. The van der Waals surface area contributed by atoms with Gasteiger partial charge in [-0.25, -0.2) is 4.98 Å². The van der Waals surface area contributed by atoms with Gasteiger partial charge in [-0.05, 0) is 36.6 Å². The molecule has 3 nitrogen and oxygen atoms in total. The second-order valence-corrected chi connectivity index (χ2v) is 5.00. The normalized spacial score (nSPS) is 15.3. The molecule has 1 fully saturated rings. The lowest BCUT2D eigenvalue weighted by Crippen LogP contribution is -2.36. The van der Waals surface area contributed by atoms with Crippen molar-refractivity contribution >= 4 is 5.82 Å². The van der Waals surface area contributed by atoms with Crippen molar-refractivity contribution in [1.29, 1.82) is 0 Å². The maximum absolute atomic E-state index is 5.38. The monoisotopic (exact) mass is 267 g/mol. The van der Waals surface area contributed by atoms with Crippen LogP contribution >= 0.6 is 0 Å². The first-order valence-electron chi connectivity index (χ1n) is 7.15. The summed E-state index contributed by atoms with van der Waals surface area (Å²) < 4.78 is 5.38. The summed E-state index contributed by atoms with van der Waals surface area (Å²) >= 11 is 0. The fourth-order valence-electron chi connectivity index (χ4n) is 2.43. The third kappa shape index (κ3) is 3.36. The summed E-state index contributed by atoms with van der Waals surface area (Å²) in [4.78, 5) is 7.07. The zero-order valence-corrected chi connectivity index (χ0v) is 11.6. The van der Waals surface area contributed by atoms with Gasteiger partial charge in [0.1, 0.15) is 5.82 Å². The molecule has 3 heteroatoms. The van der Waals surface area contributed by atoms with Gasteiger partial charge in [-0.2, -0.15) is 0 Å². The van der Waals surface area contributed by atoms with Gasteiger partial charge in [0.2, 0.25) is 0 Å². The smallest absolute Gasteiger partial charge is 0.128 e. The molecule has 1 aliphatic heterocycles. The highest BCUT2D eigenvalue weighted by molar-refractivity contribution is 5.39. The summed E-state index contributed by atoms with van der Waals surface area (Å²) in [6, 6.07) is 17.6. The van der Waals surface area contributed by atoms with Crippen LogP contribution in [0.1, 0.15) is 11.3 Å². The minimum Gasteiger partial charge on any atom is -0.378 e. The fourth-order valence-corrected chi connectivity index (χ4v) is 2.43. The summed E-state index contributed by atoms with van der Waals surface area (Å²) in [5.41, 5.74) is 2.46. The number of aromatic nitrogens is 1. The highest BCUT2D eigenvalue weighted by Crippen LogP contribution is 2.14. The van der Waals surface area contributed by atoms with Crippen LogP contribution in [0.15, 0.2) is 42.5 Å². The third-order valence-corrected chi connectivity index (χ3v) is 3.57. The average molecular weight is 267 g/mol. The van der Waals surface area contributed by atoms with Crippen LogP contribution in [0.25, 0.3) is 0 Å². The Bertz CT molecular complexity index is 536. The molecule has 1 radical (unpaired) electrons. The van der Waals surface area contributed by atoms with E-state index >= 15 is 0 Å². The molecule has 0 aliphatic carbocycles. The Morgan fingerprint density at radius 3 is 2.80 bits per heavy atom. The van der Waals surface area contributed by atoms with E-state index in [1.54, 1.807) is 0 Å². The van der Waals surface area contributed by atoms with Gasteiger partial charge in [0.05, 0.1) is 13.2 Å². The lowest BCUT2D eigenvalue weighted by molar-refractivity contribution is 0.122. The Hall–Kier alpha value is -1.87. The van der Waals surface area contributed by atoms with E-state index in [0.29, 0.717) is 0 Å². The van der Waals surface area contributed by atoms with Gasteiger partial charge in [-0.3, -0.25) is 0 Å². The maximum Gasteiger partial charge on any atom is 0.128 e. The molecule has 2 aromatic rings. The quantitative estimate of drug-likeness (QED) is 0.851. The molecule has 1 saturated heterocycles. The van der Waals surface area contributed by atoms with Crippen molar-refractivity contribution < 1.29 is 4.74 Å². The predicted molar refractivity (Wildman–Crippen MR) is 80.0 cm³/mol. The minimum absolute atomic E-state index is 0.797. The SMILES string of the molecule is [c]1cccc(CCc2cccc(N3CCOCC3)n2)c1. The van der Waals surface area contributed by atoms with Gasteiger partial charge in [0, 0.05) is 18.8 Å². The molecule has 0 spiro atoms. The minimum atomic E-state index is 0.797. The molecule has 20 heavy (non-hydrogen) atoms. The molecular formula is C17H19N2O. The molecule has 1 aliphatic rings. The molecule has 0 amide bonds. The highest BCUT2D eigenvalue weighted by Gasteiger charge is 2.12. The molecular weight excluding hydrogens is 248 g/mol. The largest absolute Gasteiger partial charge is 0.378 e. The van der Waals surface area contributed by atoms with Crippen molar-refractivity contribution in [3.05, 3.63) is 59.8 Å². The van der Waals surface area contributed by atoms with Gasteiger partial charge >= 0.3 is 0 Å². The van der Waals surface area contributed by atoms with Gasteiger partial charge in [0.25, 0.3) is 0 Å². The zero-order chi connectivity index (χ0) is 13.6. The Morgan fingerprint density at radius 2 is 2.00 bits per heavy atom. The van der Waals surface area contributed by atoms with E-state index in [9.17, 15) is 0 Å². The summed E-state index contributed by atoms with van der Waals surface area (Å²) in [5.74, 6) is 1.07. The lowest BCUT2D eigenvalue weighted by atomic mass is 10.1. The van der Waals surface area contributed by atoms with E-state index in [0.717, 1.165) is 50.7 Å². The standard InChI is InChI=1S/C17H19N2O/c1-2-5-15(6-3-1)9-10-16-7-4-8-17(18-16)19-11-13-20-14-12-19/h1-2,4-8H,9-14H2. The molecule has 0 saturated carbocycles. The van der Waals surface area contributed by atoms with Crippen molar-refractivity contribution in [2.24, 2.45) is 0 Å². The summed E-state index contributed by atoms with van der Waals surface area (Å²) in [6.07, 6.45) is 1.98. The van der Waals surface area contributed by atoms with Crippen molar-refractivity contribution in [1.82, 2.24) is 4.98 Å². The first-order chi connectivity index (χ1) is 9.92. The second kappa shape index (κ2) is 6.53. The number of anilines is 1. The molecule has 0 unspecified atom stereocenters. The van der Waals surface area contributed by atoms with E-state index in [1.807, 2.05) is 18.2 Å². The summed E-state index contributed by atoms with van der Waals surface area (Å²) in [7, 11) is 0. The number of benzene rings is 1. The van der Waals surface area contributed by atoms with Crippen molar-refractivity contribution in [3.63, 3.8) is 0 Å². The van der Waals surface area contributed by atoms with Crippen LogP contribution in [0.2, 0.25) is 0 Å². The number of rotatable bonds is 4. The Balaban J connectivity index is 1.65. The molecule has 0 N–H and O–H groups in total. The Morgan fingerprint density at radius 1 is 1.10 bits per heavy atom. The molecule has 0 atom stereocenters. The number of aryl methyl sites for hydroxylation is 2. The zero-order valence-electron chi connectivity index (χ0n) is 11.6. The Kier molecular flexibility index (Phi) is 4.28. The predicted octanol–water partition coefficient (Wildman–Crippen LogP) is 2.50. The summed E-state index contributed by atoms with van der Waals surface area (Å²) in [5, 5.41) is 0. The van der Waals surface area contributed by atoms with Crippen molar-refractivity contribution in [2.75, 3.05) is 31.2 Å². The first kappa shape index (κ1) is 13.1. The maximum atomic E-state index is 5.38. The number of hydrogen-bond donors (Lipinski definition) is 0. The van der Waals surface area contributed by atoms with Crippen LogP contribution in [-0.4, -0.2) is 31.3 Å². The second-order valence-electron chi connectivity index (χ2n) is 5.00. The van der Waals surface area contributed by atoms with E-state index in [1.165, 1.54) is 5.56 Å². The van der Waals surface area contributed by atoms with Crippen LogP contribution in [0, 0.1) is 6.07 Å². The molecule has 103 valence electrons. The van der Waals surface area contributed by atoms with Gasteiger partial charge in [0.15, 0.2) is 0 Å². The number of ether oxygens (including phenoxy) is 1. The highest BCUT2D eigenvalue weighted by atomic mass is 16.5. The molecule has 3 rings (SSSR count). The fraction of sp³-hybridized carbons (Fsp3) is 0.353. The van der Waals surface area contributed by atoms with Gasteiger partial charge < -0.3 is 9.64 Å². The van der Waals surface area contributed by atoms with E-state index < -0.39 is 0 Å². The van der Waals surface area contributed by atoms with E-state index in [4.69, 9.17) is 9.72 Å². The summed E-state index contributed by atoms with van der Waals surface area (Å²) in [6.45, 7) is 3.46.